The Balaban J connectivity index is 2.29. The molecule has 1 saturated heterocycles. The van der Waals surface area contributed by atoms with Gasteiger partial charge in [-0.1, -0.05) is 0 Å². The molecule has 0 saturated carbocycles. The van der Waals surface area contributed by atoms with Gasteiger partial charge in [0.2, 0.25) is 11.9 Å². The van der Waals surface area contributed by atoms with E-state index in [0.717, 1.165) is 6.54 Å². The van der Waals surface area contributed by atoms with E-state index in [1.165, 1.54) is 19.3 Å². The van der Waals surface area contributed by atoms with Crippen molar-refractivity contribution in [3.63, 3.8) is 0 Å². The number of rotatable bonds is 3. The van der Waals surface area contributed by atoms with Gasteiger partial charge in [-0.15, -0.1) is 0 Å². The Kier molecular flexibility index (Phi) is 3.61. The van der Waals surface area contributed by atoms with Crippen molar-refractivity contribution in [2.45, 2.75) is 32.2 Å². The highest BCUT2D eigenvalue weighted by molar-refractivity contribution is 5.39. The van der Waals surface area contributed by atoms with E-state index < -0.39 is 0 Å². The lowest BCUT2D eigenvalue weighted by molar-refractivity contribution is 0.376. The van der Waals surface area contributed by atoms with Crippen molar-refractivity contribution < 1.29 is 4.74 Å². The Morgan fingerprint density at radius 2 is 2.12 bits per heavy atom. The molecule has 94 valence electrons. The molecule has 1 aliphatic heterocycles. The molecule has 0 aliphatic carbocycles. The SMILES string of the molecule is CNc1nc(OC)nc(N2CCCCC2C)n1. The molecule has 6 nitrogen and oxygen atoms in total. The van der Waals surface area contributed by atoms with Crippen LogP contribution in [0.4, 0.5) is 11.9 Å². The summed E-state index contributed by atoms with van der Waals surface area (Å²) in [7, 11) is 3.36. The maximum absolute atomic E-state index is 5.09. The van der Waals surface area contributed by atoms with E-state index in [0.29, 0.717) is 23.9 Å². The number of piperidine rings is 1. The fourth-order valence-electron chi connectivity index (χ4n) is 2.07. The zero-order chi connectivity index (χ0) is 12.3. The summed E-state index contributed by atoms with van der Waals surface area (Å²) in [6.07, 6.45) is 3.65. The summed E-state index contributed by atoms with van der Waals surface area (Å²) in [5.74, 6) is 1.25. The highest BCUT2D eigenvalue weighted by Crippen LogP contribution is 2.23. The van der Waals surface area contributed by atoms with E-state index in [2.05, 4.69) is 32.1 Å². The predicted molar refractivity (Wildman–Crippen MR) is 66.6 cm³/mol. The molecule has 1 unspecified atom stereocenters. The van der Waals surface area contributed by atoms with Gasteiger partial charge in [0.1, 0.15) is 0 Å². The molecule has 0 amide bonds. The third-order valence-electron chi connectivity index (χ3n) is 3.07. The van der Waals surface area contributed by atoms with Crippen LogP contribution in [0.3, 0.4) is 0 Å². The van der Waals surface area contributed by atoms with Crippen LogP contribution in [-0.2, 0) is 0 Å². The Bertz CT molecular complexity index is 362. The van der Waals surface area contributed by atoms with Crippen molar-refractivity contribution in [2.24, 2.45) is 0 Å². The minimum absolute atomic E-state index is 0.358. The number of hydrogen-bond donors (Lipinski definition) is 1. The summed E-state index contributed by atoms with van der Waals surface area (Å²) >= 11 is 0. The molecule has 1 fully saturated rings. The van der Waals surface area contributed by atoms with Crippen LogP contribution in [0.5, 0.6) is 6.01 Å². The maximum atomic E-state index is 5.09. The van der Waals surface area contributed by atoms with Gasteiger partial charge in [0, 0.05) is 19.6 Å². The van der Waals surface area contributed by atoms with Crippen LogP contribution >= 0.6 is 0 Å². The standard InChI is InChI=1S/C11H19N5O/c1-8-6-4-5-7-16(8)10-13-9(12-2)14-11(15-10)17-3/h8H,4-7H2,1-3H3,(H,12,13,14,15). The van der Waals surface area contributed by atoms with Crippen molar-refractivity contribution in [3.05, 3.63) is 0 Å². The van der Waals surface area contributed by atoms with E-state index in [4.69, 9.17) is 4.74 Å². The second-order valence-electron chi connectivity index (χ2n) is 4.23. The number of nitrogens with zero attached hydrogens (tertiary/aromatic N) is 4. The minimum Gasteiger partial charge on any atom is -0.467 e. The number of ether oxygens (including phenoxy) is 1. The van der Waals surface area contributed by atoms with E-state index >= 15 is 0 Å². The van der Waals surface area contributed by atoms with Crippen LogP contribution in [0.2, 0.25) is 0 Å². The second kappa shape index (κ2) is 5.16. The van der Waals surface area contributed by atoms with Gasteiger partial charge in [-0.2, -0.15) is 15.0 Å². The summed E-state index contributed by atoms with van der Waals surface area (Å²) in [5, 5.41) is 2.93. The Morgan fingerprint density at radius 3 is 2.76 bits per heavy atom. The van der Waals surface area contributed by atoms with E-state index in [1.54, 1.807) is 14.2 Å². The predicted octanol–water partition coefficient (Wildman–Crippen LogP) is 1.30. The first-order valence-corrected chi connectivity index (χ1v) is 5.99. The quantitative estimate of drug-likeness (QED) is 0.855. The first-order valence-electron chi connectivity index (χ1n) is 5.99. The minimum atomic E-state index is 0.358. The van der Waals surface area contributed by atoms with Crippen LogP contribution in [0, 0.1) is 0 Å². The monoisotopic (exact) mass is 237 g/mol. The van der Waals surface area contributed by atoms with Gasteiger partial charge in [0.15, 0.2) is 0 Å². The highest BCUT2D eigenvalue weighted by atomic mass is 16.5. The maximum Gasteiger partial charge on any atom is 0.322 e. The zero-order valence-corrected chi connectivity index (χ0v) is 10.6. The lowest BCUT2D eigenvalue weighted by atomic mass is 10.0. The van der Waals surface area contributed by atoms with Crippen LogP contribution in [-0.4, -0.2) is 41.7 Å². The number of hydrogen-bond acceptors (Lipinski definition) is 6. The van der Waals surface area contributed by atoms with Crippen LogP contribution < -0.4 is 15.0 Å². The summed E-state index contributed by atoms with van der Waals surface area (Å²) in [4.78, 5) is 15.0. The lowest BCUT2D eigenvalue weighted by Crippen LogP contribution is -2.38. The molecule has 0 radical (unpaired) electrons. The van der Waals surface area contributed by atoms with Crippen molar-refractivity contribution >= 4 is 11.9 Å². The fraction of sp³-hybridized carbons (Fsp3) is 0.727. The van der Waals surface area contributed by atoms with Gasteiger partial charge in [-0.05, 0) is 26.2 Å². The molecular weight excluding hydrogens is 218 g/mol. The van der Waals surface area contributed by atoms with Crippen molar-refractivity contribution in [1.29, 1.82) is 0 Å². The molecule has 1 atom stereocenters. The van der Waals surface area contributed by atoms with Crippen molar-refractivity contribution in [3.8, 4) is 6.01 Å². The molecular formula is C11H19N5O. The second-order valence-corrected chi connectivity index (χ2v) is 4.23. The molecule has 17 heavy (non-hydrogen) atoms. The summed E-state index contributed by atoms with van der Waals surface area (Å²) in [6.45, 7) is 3.20. The van der Waals surface area contributed by atoms with E-state index in [9.17, 15) is 0 Å². The normalized spacial score (nSPS) is 20.2. The van der Waals surface area contributed by atoms with Gasteiger partial charge >= 0.3 is 6.01 Å². The van der Waals surface area contributed by atoms with Gasteiger partial charge in [0.05, 0.1) is 7.11 Å². The first-order chi connectivity index (χ1) is 8.24. The summed E-state index contributed by atoms with van der Waals surface area (Å²) in [5.41, 5.74) is 0. The molecule has 1 aromatic heterocycles. The van der Waals surface area contributed by atoms with E-state index in [-0.39, 0.29) is 0 Å². The molecule has 1 aliphatic rings. The largest absolute Gasteiger partial charge is 0.467 e. The average Bonchev–Trinajstić information content (AvgIpc) is 2.38. The number of nitrogens with one attached hydrogen (secondary N) is 1. The van der Waals surface area contributed by atoms with Crippen LogP contribution in [0.1, 0.15) is 26.2 Å². The number of methoxy groups -OCH3 is 1. The van der Waals surface area contributed by atoms with Gasteiger partial charge in [-0.25, -0.2) is 0 Å². The highest BCUT2D eigenvalue weighted by Gasteiger charge is 2.22. The Hall–Kier alpha value is -1.59. The Labute approximate surface area is 101 Å². The molecule has 2 heterocycles. The molecule has 1 N–H and O–H groups in total. The topological polar surface area (TPSA) is 63.2 Å². The molecule has 0 spiro atoms. The zero-order valence-electron chi connectivity index (χ0n) is 10.6. The molecule has 6 heteroatoms. The van der Waals surface area contributed by atoms with Gasteiger partial charge in [0.25, 0.3) is 0 Å². The lowest BCUT2D eigenvalue weighted by Gasteiger charge is -2.33. The summed E-state index contributed by atoms with van der Waals surface area (Å²) in [6, 6.07) is 0.831. The molecule has 2 rings (SSSR count). The number of aromatic nitrogens is 3. The van der Waals surface area contributed by atoms with E-state index in [1.807, 2.05) is 0 Å². The average molecular weight is 237 g/mol. The van der Waals surface area contributed by atoms with Crippen molar-refractivity contribution in [1.82, 2.24) is 15.0 Å². The van der Waals surface area contributed by atoms with Crippen LogP contribution in [0.25, 0.3) is 0 Å². The van der Waals surface area contributed by atoms with Gasteiger partial charge in [-0.3, -0.25) is 0 Å². The molecule has 0 bridgehead atoms. The fourth-order valence-corrected chi connectivity index (χ4v) is 2.07. The third kappa shape index (κ3) is 2.57. The van der Waals surface area contributed by atoms with Gasteiger partial charge < -0.3 is 15.0 Å². The number of anilines is 2. The van der Waals surface area contributed by atoms with Crippen molar-refractivity contribution in [2.75, 3.05) is 30.9 Å². The summed E-state index contributed by atoms with van der Waals surface area (Å²) < 4.78 is 5.09. The molecule has 1 aromatic rings. The molecule has 0 aromatic carbocycles. The first kappa shape index (κ1) is 11.9. The smallest absolute Gasteiger partial charge is 0.322 e. The third-order valence-corrected chi connectivity index (χ3v) is 3.07. The Morgan fingerprint density at radius 1 is 1.29 bits per heavy atom. The van der Waals surface area contributed by atoms with Crippen LogP contribution in [0.15, 0.2) is 0 Å².